The van der Waals surface area contributed by atoms with E-state index in [2.05, 4.69) is 5.32 Å². The van der Waals surface area contributed by atoms with E-state index in [-0.39, 0.29) is 11.6 Å². The molecule has 0 aromatic heterocycles. The summed E-state index contributed by atoms with van der Waals surface area (Å²) in [5.74, 6) is 0.507. The van der Waals surface area contributed by atoms with Crippen LogP contribution in [0.25, 0.3) is 0 Å². The van der Waals surface area contributed by atoms with Gasteiger partial charge >= 0.3 is 6.09 Å². The van der Waals surface area contributed by atoms with Gasteiger partial charge in [0.2, 0.25) is 0 Å². The molecule has 0 aliphatic heterocycles. The van der Waals surface area contributed by atoms with Crippen molar-refractivity contribution in [2.24, 2.45) is 11.7 Å². The van der Waals surface area contributed by atoms with Crippen LogP contribution in [0.1, 0.15) is 40.5 Å². The van der Waals surface area contributed by atoms with E-state index in [1.165, 1.54) is 0 Å². The third-order valence-electron chi connectivity index (χ3n) is 2.44. The summed E-state index contributed by atoms with van der Waals surface area (Å²) in [4.78, 5) is 11.3. The molecule has 0 bridgehead atoms. The standard InChI is InChI=1S/C11H22N2O2/c1-10(2,3)15-9(14)13-7-8-5-11(4,12)6-8/h8H,5-7,12H2,1-4H3,(H,13,14). The average Bonchev–Trinajstić information content (AvgIpc) is 1.93. The molecule has 4 heteroatoms. The Hall–Kier alpha value is -0.770. The van der Waals surface area contributed by atoms with Crippen LogP contribution in [-0.2, 0) is 4.74 Å². The van der Waals surface area contributed by atoms with Gasteiger partial charge in [-0.3, -0.25) is 0 Å². The molecule has 1 saturated carbocycles. The lowest BCUT2D eigenvalue weighted by molar-refractivity contribution is 0.0492. The van der Waals surface area contributed by atoms with Gasteiger partial charge in [0.15, 0.2) is 0 Å². The van der Waals surface area contributed by atoms with Gasteiger partial charge in [-0.1, -0.05) is 0 Å². The van der Waals surface area contributed by atoms with E-state index in [1.807, 2.05) is 27.7 Å². The Morgan fingerprint density at radius 3 is 2.47 bits per heavy atom. The molecule has 0 aromatic carbocycles. The molecule has 88 valence electrons. The topological polar surface area (TPSA) is 64.3 Å². The SMILES string of the molecule is CC1(N)CC(CNC(=O)OC(C)(C)C)C1. The lowest BCUT2D eigenvalue weighted by Gasteiger charge is -2.42. The minimum absolute atomic E-state index is 0.0275. The molecule has 0 atom stereocenters. The lowest BCUT2D eigenvalue weighted by Crippen LogP contribution is -2.52. The third kappa shape index (κ3) is 4.51. The van der Waals surface area contributed by atoms with Crippen LogP contribution >= 0.6 is 0 Å². The summed E-state index contributed by atoms with van der Waals surface area (Å²) in [5, 5.41) is 2.76. The first-order valence-electron chi connectivity index (χ1n) is 5.44. The smallest absolute Gasteiger partial charge is 0.407 e. The maximum absolute atomic E-state index is 11.3. The summed E-state index contributed by atoms with van der Waals surface area (Å²) in [7, 11) is 0. The molecular weight excluding hydrogens is 192 g/mol. The minimum atomic E-state index is -0.425. The van der Waals surface area contributed by atoms with E-state index in [0.717, 1.165) is 12.8 Å². The van der Waals surface area contributed by atoms with Crippen LogP contribution in [-0.4, -0.2) is 23.8 Å². The molecule has 1 aliphatic carbocycles. The van der Waals surface area contributed by atoms with E-state index in [1.54, 1.807) is 0 Å². The highest BCUT2D eigenvalue weighted by atomic mass is 16.6. The van der Waals surface area contributed by atoms with Crippen LogP contribution in [0.3, 0.4) is 0 Å². The van der Waals surface area contributed by atoms with Crippen molar-refractivity contribution in [1.29, 1.82) is 0 Å². The number of hydrogen-bond acceptors (Lipinski definition) is 3. The molecule has 1 amide bonds. The summed E-state index contributed by atoms with van der Waals surface area (Å²) < 4.78 is 5.13. The summed E-state index contributed by atoms with van der Waals surface area (Å²) in [6, 6.07) is 0. The van der Waals surface area contributed by atoms with Crippen molar-refractivity contribution in [3.05, 3.63) is 0 Å². The Balaban J connectivity index is 2.14. The van der Waals surface area contributed by atoms with Crippen molar-refractivity contribution in [3.63, 3.8) is 0 Å². The zero-order chi connectivity index (χ0) is 11.7. The fourth-order valence-electron chi connectivity index (χ4n) is 1.95. The Bertz CT molecular complexity index is 235. The van der Waals surface area contributed by atoms with Crippen LogP contribution in [0, 0.1) is 5.92 Å². The van der Waals surface area contributed by atoms with Crippen molar-refractivity contribution in [1.82, 2.24) is 5.32 Å². The fraction of sp³-hybridized carbons (Fsp3) is 0.909. The molecule has 0 saturated heterocycles. The summed E-state index contributed by atoms with van der Waals surface area (Å²) in [6.45, 7) is 8.27. The monoisotopic (exact) mass is 214 g/mol. The molecule has 0 radical (unpaired) electrons. The van der Waals surface area contributed by atoms with E-state index in [9.17, 15) is 4.79 Å². The number of carbonyl (C=O) groups is 1. The van der Waals surface area contributed by atoms with Gasteiger partial charge < -0.3 is 15.8 Å². The molecule has 0 aromatic rings. The molecule has 3 N–H and O–H groups in total. The summed E-state index contributed by atoms with van der Waals surface area (Å²) in [5.41, 5.74) is 5.42. The van der Waals surface area contributed by atoms with Gasteiger partial charge in [-0.2, -0.15) is 0 Å². The second kappa shape index (κ2) is 4.00. The Morgan fingerprint density at radius 2 is 2.07 bits per heavy atom. The molecule has 4 nitrogen and oxygen atoms in total. The van der Waals surface area contributed by atoms with Gasteiger partial charge in [-0.15, -0.1) is 0 Å². The maximum Gasteiger partial charge on any atom is 0.407 e. The highest BCUT2D eigenvalue weighted by Gasteiger charge is 2.36. The minimum Gasteiger partial charge on any atom is -0.444 e. The largest absolute Gasteiger partial charge is 0.444 e. The maximum atomic E-state index is 11.3. The van der Waals surface area contributed by atoms with Gasteiger partial charge in [-0.25, -0.2) is 4.79 Å². The average molecular weight is 214 g/mol. The molecule has 1 rings (SSSR count). The molecule has 0 unspecified atom stereocenters. The van der Waals surface area contributed by atoms with Crippen molar-refractivity contribution in [2.75, 3.05) is 6.54 Å². The first kappa shape index (κ1) is 12.3. The second-order valence-corrected chi connectivity index (χ2v) is 5.81. The number of rotatable bonds is 2. The fourth-order valence-corrected chi connectivity index (χ4v) is 1.95. The Kier molecular flexibility index (Phi) is 3.28. The van der Waals surface area contributed by atoms with Gasteiger partial charge in [0.1, 0.15) is 5.60 Å². The van der Waals surface area contributed by atoms with Crippen molar-refractivity contribution in [3.8, 4) is 0 Å². The summed E-state index contributed by atoms with van der Waals surface area (Å²) in [6.07, 6.45) is 1.61. The molecule has 1 aliphatic rings. The third-order valence-corrected chi connectivity index (χ3v) is 2.44. The zero-order valence-electron chi connectivity index (χ0n) is 10.1. The van der Waals surface area contributed by atoms with Crippen LogP contribution < -0.4 is 11.1 Å². The molecule has 0 heterocycles. The van der Waals surface area contributed by atoms with Crippen LogP contribution in [0.5, 0.6) is 0 Å². The highest BCUT2D eigenvalue weighted by Crippen LogP contribution is 2.34. The number of hydrogen-bond donors (Lipinski definition) is 2. The molecule has 0 spiro atoms. The van der Waals surface area contributed by atoms with Crippen LogP contribution in [0.15, 0.2) is 0 Å². The first-order valence-corrected chi connectivity index (χ1v) is 5.44. The number of amides is 1. The van der Waals surface area contributed by atoms with E-state index >= 15 is 0 Å². The van der Waals surface area contributed by atoms with Crippen LogP contribution in [0.2, 0.25) is 0 Å². The lowest BCUT2D eigenvalue weighted by atomic mass is 9.70. The predicted molar refractivity (Wildman–Crippen MR) is 59.6 cm³/mol. The number of carbonyl (C=O) groups excluding carboxylic acids is 1. The molecule has 15 heavy (non-hydrogen) atoms. The van der Waals surface area contributed by atoms with Gasteiger partial charge in [0, 0.05) is 12.1 Å². The van der Waals surface area contributed by atoms with Crippen molar-refractivity contribution >= 4 is 6.09 Å². The van der Waals surface area contributed by atoms with Crippen molar-refractivity contribution < 1.29 is 9.53 Å². The zero-order valence-corrected chi connectivity index (χ0v) is 10.1. The van der Waals surface area contributed by atoms with Crippen LogP contribution in [0.4, 0.5) is 4.79 Å². The van der Waals surface area contributed by atoms with E-state index in [0.29, 0.717) is 12.5 Å². The number of nitrogens with one attached hydrogen (secondary N) is 1. The van der Waals surface area contributed by atoms with Crippen molar-refractivity contribution in [2.45, 2.75) is 51.7 Å². The Labute approximate surface area is 91.5 Å². The van der Waals surface area contributed by atoms with Gasteiger partial charge in [-0.05, 0) is 46.5 Å². The molecule has 1 fully saturated rings. The van der Waals surface area contributed by atoms with Gasteiger partial charge in [0.25, 0.3) is 0 Å². The number of nitrogens with two attached hydrogens (primary N) is 1. The quantitative estimate of drug-likeness (QED) is 0.734. The van der Waals surface area contributed by atoms with E-state index in [4.69, 9.17) is 10.5 Å². The first-order chi connectivity index (χ1) is 6.68. The molecular formula is C11H22N2O2. The predicted octanol–water partition coefficient (Wildman–Crippen LogP) is 1.64. The second-order valence-electron chi connectivity index (χ2n) is 5.81. The Morgan fingerprint density at radius 1 is 1.53 bits per heavy atom. The summed E-state index contributed by atoms with van der Waals surface area (Å²) >= 11 is 0. The number of ether oxygens (including phenoxy) is 1. The normalized spacial score (nSPS) is 30.6. The van der Waals surface area contributed by atoms with E-state index < -0.39 is 5.60 Å². The highest BCUT2D eigenvalue weighted by molar-refractivity contribution is 5.67. The number of alkyl carbamates (subject to hydrolysis) is 1. The van der Waals surface area contributed by atoms with Gasteiger partial charge in [0.05, 0.1) is 0 Å².